The third-order valence-corrected chi connectivity index (χ3v) is 2.59. The van der Waals surface area contributed by atoms with Gasteiger partial charge in [-0.2, -0.15) is 8.78 Å². The molecule has 1 atom stereocenters. The van der Waals surface area contributed by atoms with E-state index in [4.69, 9.17) is 0 Å². The molecule has 2 nitrogen and oxygen atoms in total. The number of rotatable bonds is 5. The minimum absolute atomic E-state index is 0.0774. The topological polar surface area (TPSA) is 26.3 Å². The van der Waals surface area contributed by atoms with Crippen molar-refractivity contribution in [3.8, 4) is 5.75 Å². The summed E-state index contributed by atoms with van der Waals surface area (Å²) in [5.74, 6) is -8.39. The normalized spacial score (nSPS) is 12.3. The highest BCUT2D eigenvalue weighted by Gasteiger charge is 2.22. The molecule has 0 spiro atoms. The zero-order chi connectivity index (χ0) is 13.9. The van der Waals surface area contributed by atoms with E-state index in [1.807, 2.05) is 0 Å². The second-order valence-corrected chi connectivity index (χ2v) is 3.86. The lowest BCUT2D eigenvalue weighted by Crippen LogP contribution is -2.19. The van der Waals surface area contributed by atoms with E-state index in [9.17, 15) is 22.4 Å². The molecule has 6 heteroatoms. The molecule has 0 aliphatic heterocycles. The molecule has 0 N–H and O–H groups in total. The van der Waals surface area contributed by atoms with Crippen LogP contribution in [-0.2, 0) is 4.79 Å². The van der Waals surface area contributed by atoms with Crippen molar-refractivity contribution in [2.45, 2.75) is 20.3 Å². The van der Waals surface area contributed by atoms with Gasteiger partial charge in [-0.15, -0.1) is 0 Å². The van der Waals surface area contributed by atoms with Crippen molar-refractivity contribution in [1.29, 1.82) is 0 Å². The Balaban J connectivity index is 2.89. The lowest BCUT2D eigenvalue weighted by Gasteiger charge is -2.11. The van der Waals surface area contributed by atoms with Crippen LogP contribution in [0.25, 0.3) is 0 Å². The number of carbonyl (C=O) groups is 1. The minimum atomic E-state index is -1.65. The van der Waals surface area contributed by atoms with Crippen molar-refractivity contribution in [3.05, 3.63) is 29.3 Å². The first-order valence-corrected chi connectivity index (χ1v) is 5.37. The van der Waals surface area contributed by atoms with Gasteiger partial charge in [-0.1, -0.05) is 13.8 Å². The van der Waals surface area contributed by atoms with E-state index in [0.717, 1.165) is 0 Å². The number of hydrogen-bond donors (Lipinski definition) is 0. The molecule has 18 heavy (non-hydrogen) atoms. The second kappa shape index (κ2) is 5.84. The molecule has 0 saturated heterocycles. The summed E-state index contributed by atoms with van der Waals surface area (Å²) < 4.78 is 56.5. The quantitative estimate of drug-likeness (QED) is 0.603. The number of Topliss-reactive ketones (excluding diaryl/α,β-unsaturated/α-hetero) is 1. The standard InChI is InChI=1S/C12H12F4O2/c1-3-6(2)9(17)5-18-12-10(15)7(13)4-8(14)11(12)16/h4,6H,3,5H2,1-2H3/t6-/m0/s1. The molecule has 0 aliphatic rings. The van der Waals surface area contributed by atoms with E-state index >= 15 is 0 Å². The van der Waals surface area contributed by atoms with Gasteiger partial charge < -0.3 is 4.74 Å². The smallest absolute Gasteiger partial charge is 0.203 e. The van der Waals surface area contributed by atoms with Crippen molar-refractivity contribution < 1.29 is 27.1 Å². The van der Waals surface area contributed by atoms with Gasteiger partial charge >= 0.3 is 0 Å². The Morgan fingerprint density at radius 3 is 2.17 bits per heavy atom. The van der Waals surface area contributed by atoms with Crippen LogP contribution in [0.4, 0.5) is 17.6 Å². The largest absolute Gasteiger partial charge is 0.480 e. The van der Waals surface area contributed by atoms with Crippen LogP contribution in [0.15, 0.2) is 6.07 Å². The van der Waals surface area contributed by atoms with Gasteiger partial charge in [0.25, 0.3) is 0 Å². The highest BCUT2D eigenvalue weighted by molar-refractivity contribution is 5.82. The van der Waals surface area contributed by atoms with E-state index in [2.05, 4.69) is 4.74 Å². The summed E-state index contributed by atoms with van der Waals surface area (Å²) in [6, 6.07) is 0.0774. The number of carbonyl (C=O) groups excluding carboxylic acids is 1. The zero-order valence-corrected chi connectivity index (χ0v) is 9.90. The third kappa shape index (κ3) is 3.00. The maximum atomic E-state index is 13.2. The molecule has 0 saturated carbocycles. The molecule has 0 fully saturated rings. The van der Waals surface area contributed by atoms with Gasteiger partial charge in [0.05, 0.1) is 0 Å². The van der Waals surface area contributed by atoms with Gasteiger partial charge in [0, 0.05) is 12.0 Å². The average molecular weight is 264 g/mol. The molecule has 100 valence electrons. The summed E-state index contributed by atoms with van der Waals surface area (Å²) >= 11 is 0. The summed E-state index contributed by atoms with van der Waals surface area (Å²) in [7, 11) is 0. The van der Waals surface area contributed by atoms with E-state index in [1.165, 1.54) is 0 Å². The Hall–Kier alpha value is -1.59. The van der Waals surface area contributed by atoms with Crippen LogP contribution >= 0.6 is 0 Å². The Kier molecular flexibility index (Phi) is 4.69. The summed E-state index contributed by atoms with van der Waals surface area (Å²) in [6.45, 7) is 2.74. The van der Waals surface area contributed by atoms with Crippen LogP contribution in [0.1, 0.15) is 20.3 Å². The Morgan fingerprint density at radius 2 is 1.72 bits per heavy atom. The number of halogens is 4. The van der Waals surface area contributed by atoms with Crippen molar-refractivity contribution in [2.75, 3.05) is 6.61 Å². The van der Waals surface area contributed by atoms with Crippen molar-refractivity contribution in [2.24, 2.45) is 5.92 Å². The molecular formula is C12H12F4O2. The van der Waals surface area contributed by atoms with Gasteiger partial charge in [0.2, 0.25) is 11.6 Å². The fourth-order valence-corrected chi connectivity index (χ4v) is 1.19. The highest BCUT2D eigenvalue weighted by atomic mass is 19.2. The predicted molar refractivity (Wildman–Crippen MR) is 56.2 cm³/mol. The molecule has 0 aromatic heterocycles. The fourth-order valence-electron chi connectivity index (χ4n) is 1.19. The van der Waals surface area contributed by atoms with Crippen molar-refractivity contribution in [1.82, 2.24) is 0 Å². The number of benzene rings is 1. The molecular weight excluding hydrogens is 252 g/mol. The minimum Gasteiger partial charge on any atom is -0.480 e. The summed E-state index contributed by atoms with van der Waals surface area (Å²) in [5.41, 5.74) is 0. The van der Waals surface area contributed by atoms with Gasteiger partial charge in [-0.05, 0) is 6.42 Å². The van der Waals surface area contributed by atoms with Gasteiger partial charge in [-0.25, -0.2) is 8.78 Å². The van der Waals surface area contributed by atoms with E-state index in [0.29, 0.717) is 6.42 Å². The molecule has 0 bridgehead atoms. The lowest BCUT2D eigenvalue weighted by atomic mass is 10.0. The Bertz CT molecular complexity index is 434. The maximum Gasteiger partial charge on any atom is 0.203 e. The lowest BCUT2D eigenvalue weighted by molar-refractivity contribution is -0.124. The molecule has 0 radical (unpaired) electrons. The SMILES string of the molecule is CC[C@H](C)C(=O)COc1c(F)c(F)cc(F)c1F. The van der Waals surface area contributed by atoms with Crippen molar-refractivity contribution >= 4 is 5.78 Å². The first-order valence-electron chi connectivity index (χ1n) is 5.37. The number of ketones is 1. The number of hydrogen-bond acceptors (Lipinski definition) is 2. The third-order valence-electron chi connectivity index (χ3n) is 2.59. The fraction of sp³-hybridized carbons (Fsp3) is 0.417. The van der Waals surface area contributed by atoms with Crippen LogP contribution in [0, 0.1) is 29.2 Å². The zero-order valence-electron chi connectivity index (χ0n) is 9.90. The Morgan fingerprint density at radius 1 is 1.22 bits per heavy atom. The highest BCUT2D eigenvalue weighted by Crippen LogP contribution is 2.26. The molecule has 0 aliphatic carbocycles. The first kappa shape index (κ1) is 14.5. The van der Waals surface area contributed by atoms with E-state index in [1.54, 1.807) is 13.8 Å². The molecule has 0 heterocycles. The number of ether oxygens (including phenoxy) is 1. The maximum absolute atomic E-state index is 13.2. The van der Waals surface area contributed by atoms with E-state index in [-0.39, 0.29) is 12.0 Å². The molecule has 1 rings (SSSR count). The Labute approximate surface area is 102 Å². The first-order chi connectivity index (χ1) is 8.38. The monoisotopic (exact) mass is 264 g/mol. The van der Waals surface area contributed by atoms with Crippen LogP contribution in [0.3, 0.4) is 0 Å². The van der Waals surface area contributed by atoms with Crippen LogP contribution < -0.4 is 4.74 Å². The van der Waals surface area contributed by atoms with Gasteiger partial charge in [0.15, 0.2) is 23.2 Å². The van der Waals surface area contributed by atoms with Crippen LogP contribution in [0.2, 0.25) is 0 Å². The predicted octanol–water partition coefficient (Wildman–Crippen LogP) is 3.24. The second-order valence-electron chi connectivity index (χ2n) is 3.86. The summed E-state index contributed by atoms with van der Waals surface area (Å²) in [4.78, 5) is 11.4. The molecule has 0 amide bonds. The molecule has 0 unspecified atom stereocenters. The molecule has 1 aromatic carbocycles. The summed E-state index contributed by atoms with van der Waals surface area (Å²) in [5, 5.41) is 0. The van der Waals surface area contributed by atoms with Gasteiger partial charge in [-0.3, -0.25) is 4.79 Å². The average Bonchev–Trinajstić information content (AvgIpc) is 2.35. The van der Waals surface area contributed by atoms with Crippen LogP contribution in [-0.4, -0.2) is 12.4 Å². The van der Waals surface area contributed by atoms with Gasteiger partial charge in [0.1, 0.15) is 6.61 Å². The van der Waals surface area contributed by atoms with Crippen LogP contribution in [0.5, 0.6) is 5.75 Å². The summed E-state index contributed by atoms with van der Waals surface area (Å²) in [6.07, 6.45) is 0.532. The van der Waals surface area contributed by atoms with E-state index < -0.39 is 41.4 Å². The van der Waals surface area contributed by atoms with Crippen molar-refractivity contribution in [3.63, 3.8) is 0 Å². The molecule has 1 aromatic rings.